The molecule has 0 radical (unpaired) electrons. The van der Waals surface area contributed by atoms with Gasteiger partial charge in [0.1, 0.15) is 11.9 Å². The Morgan fingerprint density at radius 1 is 1.50 bits per heavy atom. The summed E-state index contributed by atoms with van der Waals surface area (Å²) in [5, 5.41) is 0. The molecule has 1 atom stereocenters. The number of morpholine rings is 1. The predicted molar refractivity (Wildman–Crippen MR) is 78.4 cm³/mol. The Labute approximate surface area is 120 Å². The Bertz CT molecular complexity index is 459. The van der Waals surface area contributed by atoms with Gasteiger partial charge >= 0.3 is 0 Å². The van der Waals surface area contributed by atoms with E-state index in [2.05, 4.69) is 11.8 Å². The molecule has 0 N–H and O–H groups in total. The molecule has 4 nitrogen and oxygen atoms in total. The summed E-state index contributed by atoms with van der Waals surface area (Å²) in [6.07, 6.45) is -0.264. The van der Waals surface area contributed by atoms with Gasteiger partial charge in [-0.15, -0.1) is 0 Å². The van der Waals surface area contributed by atoms with Gasteiger partial charge in [-0.1, -0.05) is 19.1 Å². The second kappa shape index (κ2) is 6.86. The van der Waals surface area contributed by atoms with Crippen molar-refractivity contribution in [2.75, 3.05) is 26.2 Å². The lowest BCUT2D eigenvalue weighted by molar-refractivity contribution is -0.0148. The van der Waals surface area contributed by atoms with Gasteiger partial charge in [0.05, 0.1) is 12.7 Å². The zero-order chi connectivity index (χ0) is 14.5. The third kappa shape index (κ3) is 3.81. The first kappa shape index (κ1) is 15.0. The number of rotatable bonds is 5. The lowest BCUT2D eigenvalue weighted by Crippen LogP contribution is -2.45. The molecule has 0 saturated carbocycles. The quantitative estimate of drug-likeness (QED) is 0.775. The summed E-state index contributed by atoms with van der Waals surface area (Å²) < 4.78 is 11.2. The predicted octanol–water partition coefficient (Wildman–Crippen LogP) is 2.38. The van der Waals surface area contributed by atoms with Gasteiger partial charge in [0.2, 0.25) is 0 Å². The van der Waals surface area contributed by atoms with Crippen molar-refractivity contribution < 1.29 is 14.3 Å². The van der Waals surface area contributed by atoms with Crippen LogP contribution < -0.4 is 4.74 Å². The maximum Gasteiger partial charge on any atom is 0.193 e. The molecule has 20 heavy (non-hydrogen) atoms. The molecular formula is C16H23NO3. The van der Waals surface area contributed by atoms with Crippen LogP contribution in [0.3, 0.4) is 0 Å². The Balaban J connectivity index is 2.08. The van der Waals surface area contributed by atoms with E-state index in [9.17, 15) is 4.79 Å². The van der Waals surface area contributed by atoms with Crippen LogP contribution in [0.1, 0.15) is 31.1 Å². The van der Waals surface area contributed by atoms with E-state index >= 15 is 0 Å². The number of benzene rings is 1. The summed E-state index contributed by atoms with van der Waals surface area (Å²) in [6.45, 7) is 9.18. The van der Waals surface area contributed by atoms with Gasteiger partial charge in [-0.3, -0.25) is 9.69 Å². The minimum Gasteiger partial charge on any atom is -0.491 e. The van der Waals surface area contributed by atoms with Crippen molar-refractivity contribution in [3.8, 4) is 5.75 Å². The normalized spacial score (nSPS) is 20.1. The van der Waals surface area contributed by atoms with Gasteiger partial charge in [-0.05, 0) is 32.5 Å². The van der Waals surface area contributed by atoms with Crippen LogP contribution in [-0.4, -0.2) is 49.1 Å². The molecule has 1 aromatic carbocycles. The maximum absolute atomic E-state index is 12.5. The van der Waals surface area contributed by atoms with Crippen LogP contribution in [0.25, 0.3) is 0 Å². The molecule has 1 fully saturated rings. The number of hydrogen-bond acceptors (Lipinski definition) is 4. The van der Waals surface area contributed by atoms with Gasteiger partial charge in [0, 0.05) is 18.7 Å². The molecule has 1 saturated heterocycles. The number of carbonyl (C=O) groups is 1. The summed E-state index contributed by atoms with van der Waals surface area (Å²) in [6, 6.07) is 7.35. The molecule has 1 aromatic rings. The number of carbonyl (C=O) groups excluding carboxylic acids is 1. The van der Waals surface area contributed by atoms with Gasteiger partial charge < -0.3 is 9.47 Å². The van der Waals surface area contributed by atoms with Gasteiger partial charge in [0.15, 0.2) is 5.78 Å². The number of ketones is 1. The van der Waals surface area contributed by atoms with Crippen LogP contribution in [-0.2, 0) is 4.74 Å². The largest absolute Gasteiger partial charge is 0.491 e. The Morgan fingerprint density at radius 2 is 2.30 bits per heavy atom. The highest BCUT2D eigenvalue weighted by Crippen LogP contribution is 2.18. The average Bonchev–Trinajstić information content (AvgIpc) is 2.46. The van der Waals surface area contributed by atoms with Crippen molar-refractivity contribution in [3.63, 3.8) is 0 Å². The second-order valence-electron chi connectivity index (χ2n) is 5.31. The Hall–Kier alpha value is -1.39. The van der Waals surface area contributed by atoms with E-state index in [4.69, 9.17) is 9.47 Å². The third-order valence-electron chi connectivity index (χ3n) is 3.38. The van der Waals surface area contributed by atoms with Crippen molar-refractivity contribution in [2.24, 2.45) is 0 Å². The highest BCUT2D eigenvalue weighted by atomic mass is 16.5. The van der Waals surface area contributed by atoms with Crippen LogP contribution in [0, 0.1) is 0 Å². The summed E-state index contributed by atoms with van der Waals surface area (Å²) in [4.78, 5) is 14.7. The summed E-state index contributed by atoms with van der Waals surface area (Å²) in [5.41, 5.74) is 0.658. The molecule has 110 valence electrons. The monoisotopic (exact) mass is 277 g/mol. The molecule has 0 bridgehead atoms. The molecule has 0 spiro atoms. The van der Waals surface area contributed by atoms with Crippen LogP contribution in [0.4, 0.5) is 0 Å². The van der Waals surface area contributed by atoms with Crippen LogP contribution >= 0.6 is 0 Å². The van der Waals surface area contributed by atoms with E-state index < -0.39 is 0 Å². The first-order valence-electron chi connectivity index (χ1n) is 7.25. The molecule has 0 aliphatic carbocycles. The number of nitrogens with zero attached hydrogens (tertiary/aromatic N) is 1. The zero-order valence-corrected chi connectivity index (χ0v) is 12.5. The number of Topliss-reactive ketones (excluding diaryl/α,β-unsaturated/α-hetero) is 1. The minimum atomic E-state index is -0.363. The SMILES string of the molecule is CCN1CCOC(C(=O)c2cccc(OC(C)C)c2)C1. The number of hydrogen-bond donors (Lipinski definition) is 0. The van der Waals surface area contributed by atoms with E-state index in [0.29, 0.717) is 18.7 Å². The molecule has 1 aliphatic rings. The van der Waals surface area contributed by atoms with Crippen molar-refractivity contribution >= 4 is 5.78 Å². The highest BCUT2D eigenvalue weighted by molar-refractivity contribution is 6.00. The Kier molecular flexibility index (Phi) is 5.15. The fourth-order valence-corrected chi connectivity index (χ4v) is 2.33. The average molecular weight is 277 g/mol. The highest BCUT2D eigenvalue weighted by Gasteiger charge is 2.26. The standard InChI is InChI=1S/C16H23NO3/c1-4-17-8-9-19-15(11-17)16(18)13-6-5-7-14(10-13)20-12(2)3/h5-7,10,12,15H,4,8-9,11H2,1-3H3. The van der Waals surface area contributed by atoms with E-state index in [1.165, 1.54) is 0 Å². The molecule has 1 unspecified atom stereocenters. The second-order valence-corrected chi connectivity index (χ2v) is 5.31. The van der Waals surface area contributed by atoms with Crippen molar-refractivity contribution in [1.82, 2.24) is 4.90 Å². The molecule has 1 heterocycles. The van der Waals surface area contributed by atoms with Gasteiger partial charge in [-0.25, -0.2) is 0 Å². The summed E-state index contributed by atoms with van der Waals surface area (Å²) in [5.74, 6) is 0.770. The molecule has 4 heteroatoms. The first-order valence-corrected chi connectivity index (χ1v) is 7.25. The fraction of sp³-hybridized carbons (Fsp3) is 0.562. The first-order chi connectivity index (χ1) is 9.60. The minimum absolute atomic E-state index is 0.0392. The maximum atomic E-state index is 12.5. The van der Waals surface area contributed by atoms with Crippen molar-refractivity contribution in [3.05, 3.63) is 29.8 Å². The van der Waals surface area contributed by atoms with E-state index in [-0.39, 0.29) is 18.0 Å². The van der Waals surface area contributed by atoms with Gasteiger partial charge in [0.25, 0.3) is 0 Å². The summed E-state index contributed by atoms with van der Waals surface area (Å²) in [7, 11) is 0. The molecular weight excluding hydrogens is 254 g/mol. The fourth-order valence-electron chi connectivity index (χ4n) is 2.33. The number of likely N-dealkylation sites (N-methyl/N-ethyl adjacent to an activating group) is 1. The number of ether oxygens (including phenoxy) is 2. The van der Waals surface area contributed by atoms with Crippen LogP contribution in [0.2, 0.25) is 0 Å². The molecule has 0 amide bonds. The lowest BCUT2D eigenvalue weighted by atomic mass is 10.0. The van der Waals surface area contributed by atoms with Crippen LogP contribution in [0.15, 0.2) is 24.3 Å². The molecule has 1 aliphatic heterocycles. The molecule has 2 rings (SSSR count). The van der Waals surface area contributed by atoms with E-state index in [1.807, 2.05) is 32.0 Å². The van der Waals surface area contributed by atoms with Crippen molar-refractivity contribution in [2.45, 2.75) is 33.0 Å². The van der Waals surface area contributed by atoms with E-state index in [0.717, 1.165) is 18.8 Å². The summed E-state index contributed by atoms with van der Waals surface area (Å²) >= 11 is 0. The van der Waals surface area contributed by atoms with E-state index in [1.54, 1.807) is 6.07 Å². The third-order valence-corrected chi connectivity index (χ3v) is 3.38. The van der Waals surface area contributed by atoms with Gasteiger partial charge in [-0.2, -0.15) is 0 Å². The topological polar surface area (TPSA) is 38.8 Å². The zero-order valence-electron chi connectivity index (χ0n) is 12.5. The lowest BCUT2D eigenvalue weighted by Gasteiger charge is -2.31. The van der Waals surface area contributed by atoms with Crippen molar-refractivity contribution in [1.29, 1.82) is 0 Å². The smallest absolute Gasteiger partial charge is 0.193 e. The molecule has 0 aromatic heterocycles. The van der Waals surface area contributed by atoms with Crippen LogP contribution in [0.5, 0.6) is 5.75 Å². The Morgan fingerprint density at radius 3 is 3.00 bits per heavy atom.